The molecule has 27 heavy (non-hydrogen) atoms. The van der Waals surface area contributed by atoms with Crippen molar-refractivity contribution in [3.63, 3.8) is 0 Å². The Morgan fingerprint density at radius 1 is 1.07 bits per heavy atom. The van der Waals surface area contributed by atoms with Gasteiger partial charge in [-0.05, 0) is 30.5 Å². The van der Waals surface area contributed by atoms with E-state index in [1.54, 1.807) is 24.3 Å². The maximum absolute atomic E-state index is 12.2. The third-order valence-corrected chi connectivity index (χ3v) is 6.53. The number of sulfonamides is 1. The third kappa shape index (κ3) is 3.60. The van der Waals surface area contributed by atoms with Gasteiger partial charge in [0, 0.05) is 23.9 Å². The van der Waals surface area contributed by atoms with E-state index < -0.39 is 10.0 Å². The number of amides is 1. The lowest BCUT2D eigenvalue weighted by Gasteiger charge is -2.16. The summed E-state index contributed by atoms with van der Waals surface area (Å²) in [5.74, 6) is 0.233. The molecule has 2 aromatic rings. The van der Waals surface area contributed by atoms with Gasteiger partial charge in [-0.3, -0.25) is 14.5 Å². The second-order valence-corrected chi connectivity index (χ2v) is 8.66. The van der Waals surface area contributed by atoms with Crippen molar-refractivity contribution in [2.24, 2.45) is 4.99 Å². The van der Waals surface area contributed by atoms with Crippen LogP contribution in [-0.4, -0.2) is 33.3 Å². The Morgan fingerprint density at radius 2 is 1.78 bits per heavy atom. The number of nitrogens with one attached hydrogen (secondary N) is 2. The van der Waals surface area contributed by atoms with Gasteiger partial charge in [0.15, 0.2) is 0 Å². The summed E-state index contributed by atoms with van der Waals surface area (Å²) < 4.78 is 26.5. The fourth-order valence-corrected chi connectivity index (χ4v) is 4.64. The number of rotatable bonds is 6. The topological polar surface area (TPSA) is 87.6 Å². The fraction of sp³-hybridized carbons (Fsp3) is 0.300. The maximum Gasteiger partial charge on any atom is 0.263 e. The van der Waals surface area contributed by atoms with E-state index in [-0.39, 0.29) is 29.2 Å². The second-order valence-electron chi connectivity index (χ2n) is 7.01. The number of hydrogen-bond donors (Lipinski definition) is 2. The van der Waals surface area contributed by atoms with Crippen molar-refractivity contribution in [2.75, 3.05) is 13.1 Å². The molecule has 2 aliphatic rings. The molecule has 140 valence electrons. The Bertz CT molecular complexity index is 996. The number of carbonyl (C=O) groups is 1. The summed E-state index contributed by atoms with van der Waals surface area (Å²) in [6.07, 6.45) is 2.38. The van der Waals surface area contributed by atoms with Crippen molar-refractivity contribution in [1.82, 2.24) is 10.0 Å². The van der Waals surface area contributed by atoms with Crippen LogP contribution in [0.5, 0.6) is 0 Å². The second kappa shape index (κ2) is 6.81. The van der Waals surface area contributed by atoms with Gasteiger partial charge in [0.05, 0.1) is 11.4 Å². The molecule has 2 aromatic carbocycles. The molecular weight excluding hydrogens is 362 g/mol. The minimum atomic E-state index is -3.54. The zero-order chi connectivity index (χ0) is 18.9. The number of nitrogens with zero attached hydrogens (tertiary/aromatic N) is 1. The molecule has 1 saturated carbocycles. The molecule has 6 nitrogen and oxygen atoms in total. The molecule has 0 radical (unpaired) electrons. The highest BCUT2D eigenvalue weighted by Gasteiger charge is 2.44. The minimum absolute atomic E-state index is 0.0723. The quantitative estimate of drug-likeness (QED) is 0.799. The van der Waals surface area contributed by atoms with Crippen LogP contribution in [0.15, 0.2) is 64.5 Å². The van der Waals surface area contributed by atoms with E-state index in [4.69, 9.17) is 0 Å². The van der Waals surface area contributed by atoms with Gasteiger partial charge in [-0.15, -0.1) is 0 Å². The van der Waals surface area contributed by atoms with Gasteiger partial charge < -0.3 is 5.32 Å². The average Bonchev–Trinajstić information content (AvgIpc) is 3.43. The Morgan fingerprint density at radius 3 is 2.52 bits per heavy atom. The predicted molar refractivity (Wildman–Crippen MR) is 103 cm³/mol. The normalized spacial score (nSPS) is 19.9. The van der Waals surface area contributed by atoms with Gasteiger partial charge in [-0.25, -0.2) is 8.42 Å². The Balaban J connectivity index is 1.33. The summed E-state index contributed by atoms with van der Waals surface area (Å²) in [6, 6.07) is 16.9. The van der Waals surface area contributed by atoms with Gasteiger partial charge in [0.25, 0.3) is 10.0 Å². The van der Waals surface area contributed by atoms with Crippen LogP contribution in [-0.2, 0) is 20.2 Å². The SMILES string of the molecule is O=C(CCN=C1NS(=O)(=O)c2ccccc21)NCC1(c2ccccc2)CC1. The Labute approximate surface area is 158 Å². The monoisotopic (exact) mass is 383 g/mol. The van der Waals surface area contributed by atoms with Gasteiger partial charge in [0.2, 0.25) is 5.91 Å². The zero-order valence-corrected chi connectivity index (χ0v) is 15.6. The molecule has 1 aliphatic heterocycles. The largest absolute Gasteiger partial charge is 0.355 e. The predicted octanol–water partition coefficient (Wildman–Crippen LogP) is 1.96. The first-order valence-electron chi connectivity index (χ1n) is 8.99. The van der Waals surface area contributed by atoms with Crippen molar-refractivity contribution < 1.29 is 13.2 Å². The number of amidine groups is 1. The molecule has 0 bridgehead atoms. The lowest BCUT2D eigenvalue weighted by molar-refractivity contribution is -0.121. The molecule has 7 heteroatoms. The Kier molecular flexibility index (Phi) is 4.47. The van der Waals surface area contributed by atoms with Crippen LogP contribution in [0.2, 0.25) is 0 Å². The first kappa shape index (κ1) is 17.7. The molecule has 4 rings (SSSR count). The van der Waals surface area contributed by atoms with E-state index in [9.17, 15) is 13.2 Å². The lowest BCUT2D eigenvalue weighted by Crippen LogP contribution is -2.32. The molecule has 0 unspecified atom stereocenters. The summed E-state index contributed by atoms with van der Waals surface area (Å²) in [5, 5.41) is 3.00. The molecule has 0 atom stereocenters. The maximum atomic E-state index is 12.2. The van der Waals surface area contributed by atoms with Crippen LogP contribution in [0.3, 0.4) is 0 Å². The number of fused-ring (bicyclic) bond motifs is 1. The number of benzene rings is 2. The van der Waals surface area contributed by atoms with E-state index in [0.717, 1.165) is 12.8 Å². The number of aliphatic imine (C=N–C) groups is 1. The Hall–Kier alpha value is -2.67. The summed E-state index contributed by atoms with van der Waals surface area (Å²) in [5.41, 5.74) is 1.89. The number of carbonyl (C=O) groups excluding carboxylic acids is 1. The van der Waals surface area contributed by atoms with Crippen molar-refractivity contribution in [3.8, 4) is 0 Å². The van der Waals surface area contributed by atoms with E-state index in [1.165, 1.54) is 5.56 Å². The first-order chi connectivity index (χ1) is 13.0. The van der Waals surface area contributed by atoms with Crippen molar-refractivity contribution in [2.45, 2.75) is 29.6 Å². The minimum Gasteiger partial charge on any atom is -0.355 e. The summed E-state index contributed by atoms with van der Waals surface area (Å²) in [6.45, 7) is 0.859. The van der Waals surface area contributed by atoms with E-state index in [0.29, 0.717) is 17.9 Å². The van der Waals surface area contributed by atoms with E-state index in [1.807, 2.05) is 18.2 Å². The van der Waals surface area contributed by atoms with Crippen molar-refractivity contribution >= 4 is 21.8 Å². The molecule has 0 aromatic heterocycles. The van der Waals surface area contributed by atoms with Crippen LogP contribution >= 0.6 is 0 Å². The molecule has 1 amide bonds. The molecule has 1 fully saturated rings. The highest BCUT2D eigenvalue weighted by Crippen LogP contribution is 2.47. The molecular formula is C20H21N3O3S. The van der Waals surface area contributed by atoms with Crippen molar-refractivity contribution in [1.29, 1.82) is 0 Å². The smallest absolute Gasteiger partial charge is 0.263 e. The van der Waals surface area contributed by atoms with Crippen LogP contribution in [0.4, 0.5) is 0 Å². The molecule has 2 N–H and O–H groups in total. The summed E-state index contributed by atoms with van der Waals surface area (Å²) in [7, 11) is -3.54. The van der Waals surface area contributed by atoms with Crippen LogP contribution in [0.1, 0.15) is 30.4 Å². The third-order valence-electron chi connectivity index (χ3n) is 5.14. The highest BCUT2D eigenvalue weighted by atomic mass is 32.2. The van der Waals surface area contributed by atoms with Crippen LogP contribution < -0.4 is 10.0 Å². The average molecular weight is 383 g/mol. The van der Waals surface area contributed by atoms with Gasteiger partial charge in [-0.1, -0.05) is 42.5 Å². The van der Waals surface area contributed by atoms with Crippen molar-refractivity contribution in [3.05, 3.63) is 65.7 Å². The standard InChI is InChI=1S/C20H21N3O3S/c24-18(22-14-20(11-12-20)15-6-2-1-3-7-15)10-13-21-19-16-8-4-5-9-17(16)27(25,26)23-19/h1-9H,10-14H2,(H,21,23)(H,22,24). The van der Waals surface area contributed by atoms with Gasteiger partial charge in [0.1, 0.15) is 5.84 Å². The highest BCUT2D eigenvalue weighted by molar-refractivity contribution is 7.90. The fourth-order valence-electron chi connectivity index (χ4n) is 3.39. The first-order valence-corrected chi connectivity index (χ1v) is 10.5. The lowest BCUT2D eigenvalue weighted by atomic mass is 9.96. The summed E-state index contributed by atoms with van der Waals surface area (Å²) in [4.78, 5) is 16.7. The molecule has 0 saturated heterocycles. The van der Waals surface area contributed by atoms with E-state index >= 15 is 0 Å². The van der Waals surface area contributed by atoms with Gasteiger partial charge in [-0.2, -0.15) is 0 Å². The van der Waals surface area contributed by atoms with Crippen LogP contribution in [0.25, 0.3) is 0 Å². The van der Waals surface area contributed by atoms with Crippen LogP contribution in [0, 0.1) is 0 Å². The molecule has 1 aliphatic carbocycles. The van der Waals surface area contributed by atoms with Gasteiger partial charge >= 0.3 is 0 Å². The zero-order valence-electron chi connectivity index (χ0n) is 14.8. The van der Waals surface area contributed by atoms with E-state index in [2.05, 4.69) is 27.2 Å². The molecule has 0 spiro atoms. The summed E-state index contributed by atoms with van der Waals surface area (Å²) >= 11 is 0. The number of hydrogen-bond acceptors (Lipinski definition) is 4. The molecule has 1 heterocycles.